The molecular weight excluding hydrogens is 480 g/mol. The molecule has 9 heteroatoms. The molecule has 0 bridgehead atoms. The van der Waals surface area contributed by atoms with E-state index in [2.05, 4.69) is 21.2 Å². The van der Waals surface area contributed by atoms with E-state index >= 15 is 0 Å². The number of nitrogens with one attached hydrogen (secondary N) is 1. The van der Waals surface area contributed by atoms with Crippen molar-refractivity contribution in [3.8, 4) is 17.6 Å². The quantitative estimate of drug-likeness (QED) is 0.435. The van der Waals surface area contributed by atoms with Crippen LogP contribution in [-0.2, 0) is 14.3 Å². The number of ether oxygens (including phenoxy) is 3. The highest BCUT2D eigenvalue weighted by molar-refractivity contribution is 9.10. The van der Waals surface area contributed by atoms with Crippen LogP contribution in [0.3, 0.4) is 0 Å². The molecule has 0 saturated carbocycles. The maximum atomic E-state index is 13.2. The Morgan fingerprint density at radius 1 is 1.22 bits per heavy atom. The molecule has 2 aromatic carbocycles. The summed E-state index contributed by atoms with van der Waals surface area (Å²) in [7, 11) is 0. The van der Waals surface area contributed by atoms with E-state index in [1.54, 1.807) is 49.4 Å². The molecule has 1 heterocycles. The smallest absolute Gasteiger partial charge is 0.347 e. The van der Waals surface area contributed by atoms with E-state index in [1.165, 1.54) is 6.92 Å². The lowest BCUT2D eigenvalue weighted by Crippen LogP contribution is -2.58. The van der Waals surface area contributed by atoms with Gasteiger partial charge in [-0.3, -0.25) is 9.59 Å². The zero-order valence-corrected chi connectivity index (χ0v) is 19.1. The van der Waals surface area contributed by atoms with Crippen LogP contribution in [-0.4, -0.2) is 36.6 Å². The Bertz CT molecular complexity index is 1080. The fourth-order valence-electron chi connectivity index (χ4n) is 3.58. The summed E-state index contributed by atoms with van der Waals surface area (Å²) < 4.78 is 16.5. The summed E-state index contributed by atoms with van der Waals surface area (Å²) in [4.78, 5) is 38.3. The van der Waals surface area contributed by atoms with Crippen molar-refractivity contribution in [2.24, 2.45) is 0 Å². The van der Waals surface area contributed by atoms with Crippen molar-refractivity contribution in [1.29, 1.82) is 5.26 Å². The highest BCUT2D eigenvalue weighted by Gasteiger charge is 2.51. The van der Waals surface area contributed by atoms with Crippen molar-refractivity contribution in [3.05, 3.63) is 58.1 Å². The number of carbonyl (C=O) groups excluding carboxylic acids is 3. The Morgan fingerprint density at radius 2 is 1.88 bits per heavy atom. The Kier molecular flexibility index (Phi) is 7.15. The third kappa shape index (κ3) is 4.60. The van der Waals surface area contributed by atoms with Crippen molar-refractivity contribution in [3.63, 3.8) is 0 Å². The molecule has 0 spiro atoms. The molecule has 1 N–H and O–H groups in total. The van der Waals surface area contributed by atoms with E-state index in [1.807, 2.05) is 6.07 Å². The molecule has 1 amide bonds. The number of esters is 1. The van der Waals surface area contributed by atoms with Gasteiger partial charge in [0.1, 0.15) is 6.07 Å². The van der Waals surface area contributed by atoms with Crippen LogP contribution < -0.4 is 14.8 Å². The molecule has 3 rings (SSSR count). The van der Waals surface area contributed by atoms with Gasteiger partial charge in [0.25, 0.3) is 0 Å². The van der Waals surface area contributed by atoms with Gasteiger partial charge in [0.15, 0.2) is 17.3 Å². The average Bonchev–Trinajstić information content (AvgIpc) is 3.23. The van der Waals surface area contributed by atoms with Gasteiger partial charge in [-0.2, -0.15) is 5.26 Å². The summed E-state index contributed by atoms with van der Waals surface area (Å²) in [5.74, 6) is -2.09. The number of halogens is 1. The van der Waals surface area contributed by atoms with E-state index in [0.717, 1.165) is 0 Å². The van der Waals surface area contributed by atoms with Crippen molar-refractivity contribution in [2.75, 3.05) is 13.4 Å². The number of carbonyl (C=O) groups is 3. The fourth-order valence-corrected chi connectivity index (χ4v) is 4.18. The van der Waals surface area contributed by atoms with Crippen LogP contribution in [0.1, 0.15) is 42.1 Å². The van der Waals surface area contributed by atoms with Gasteiger partial charge in [-0.15, -0.1) is 0 Å². The predicted molar refractivity (Wildman–Crippen MR) is 117 cm³/mol. The number of hydrogen-bond acceptors (Lipinski definition) is 7. The number of amides is 1. The summed E-state index contributed by atoms with van der Waals surface area (Å²) in [6.45, 7) is 2.79. The summed E-state index contributed by atoms with van der Waals surface area (Å²) in [5.41, 5.74) is -1.32. The molecule has 0 aromatic heterocycles. The summed E-state index contributed by atoms with van der Waals surface area (Å²) in [5, 5.41) is 12.6. The minimum atomic E-state index is -2.15. The van der Waals surface area contributed by atoms with Crippen molar-refractivity contribution in [1.82, 2.24) is 5.32 Å². The van der Waals surface area contributed by atoms with Gasteiger partial charge in [-0.25, -0.2) is 4.79 Å². The van der Waals surface area contributed by atoms with Gasteiger partial charge in [-0.05, 0) is 24.6 Å². The Labute approximate surface area is 193 Å². The van der Waals surface area contributed by atoms with Crippen LogP contribution in [0.4, 0.5) is 0 Å². The third-order valence-electron chi connectivity index (χ3n) is 5.02. The first-order chi connectivity index (χ1) is 15.3. The first kappa shape index (κ1) is 23.3. The van der Waals surface area contributed by atoms with E-state index in [4.69, 9.17) is 14.2 Å². The molecule has 32 heavy (non-hydrogen) atoms. The van der Waals surface area contributed by atoms with E-state index < -0.39 is 23.3 Å². The van der Waals surface area contributed by atoms with Crippen LogP contribution in [0.15, 0.2) is 46.9 Å². The molecule has 0 saturated heterocycles. The van der Waals surface area contributed by atoms with Crippen molar-refractivity contribution < 1.29 is 28.6 Å². The molecular formula is C23H21BrN2O6. The van der Waals surface area contributed by atoms with Gasteiger partial charge < -0.3 is 19.5 Å². The standard InChI is InChI=1S/C23H21BrN2O6/c1-3-30-22(29)23(12-25,26-14(2)27)17(10-19(28)15-7-5-4-6-8-15)16-9-20-21(11-18(16)24)32-13-31-20/h4-9,11,17H,3,10,13H2,1-2H3,(H,26,27). The number of rotatable bonds is 8. The highest BCUT2D eigenvalue weighted by atomic mass is 79.9. The van der Waals surface area contributed by atoms with Gasteiger partial charge >= 0.3 is 5.97 Å². The average molecular weight is 501 g/mol. The largest absolute Gasteiger partial charge is 0.463 e. The van der Waals surface area contributed by atoms with E-state index in [0.29, 0.717) is 27.1 Å². The van der Waals surface area contributed by atoms with E-state index in [-0.39, 0.29) is 25.6 Å². The molecule has 1 aliphatic rings. The number of nitrogens with zero attached hydrogens (tertiary/aromatic N) is 1. The minimum absolute atomic E-state index is 0.0104. The lowest BCUT2D eigenvalue weighted by molar-refractivity contribution is -0.151. The van der Waals surface area contributed by atoms with Crippen LogP contribution in [0, 0.1) is 11.3 Å². The monoisotopic (exact) mass is 500 g/mol. The molecule has 1 aliphatic heterocycles. The second-order valence-electron chi connectivity index (χ2n) is 7.09. The van der Waals surface area contributed by atoms with Crippen molar-refractivity contribution >= 4 is 33.6 Å². The number of benzene rings is 2. The van der Waals surface area contributed by atoms with Crippen LogP contribution in [0.5, 0.6) is 11.5 Å². The van der Waals surface area contributed by atoms with Gasteiger partial charge in [0.2, 0.25) is 18.2 Å². The number of hydrogen-bond donors (Lipinski definition) is 1. The molecule has 2 aromatic rings. The zero-order chi connectivity index (χ0) is 23.3. The first-order valence-corrected chi connectivity index (χ1v) is 10.7. The normalized spacial score (nSPS) is 14.6. The Morgan fingerprint density at radius 3 is 2.47 bits per heavy atom. The topological polar surface area (TPSA) is 115 Å². The van der Waals surface area contributed by atoms with Gasteiger partial charge in [0.05, 0.1) is 6.61 Å². The van der Waals surface area contributed by atoms with Crippen LogP contribution in [0.25, 0.3) is 0 Å². The third-order valence-corrected chi connectivity index (χ3v) is 5.71. The number of Topliss-reactive ketones (excluding diaryl/α,β-unsaturated/α-hetero) is 1. The summed E-state index contributed by atoms with van der Waals surface area (Å²) in [6, 6.07) is 13.7. The minimum Gasteiger partial charge on any atom is -0.463 e. The first-order valence-electron chi connectivity index (χ1n) is 9.87. The zero-order valence-electron chi connectivity index (χ0n) is 17.5. The van der Waals surface area contributed by atoms with E-state index in [9.17, 15) is 19.6 Å². The molecule has 0 radical (unpaired) electrons. The molecule has 2 atom stereocenters. The van der Waals surface area contributed by atoms with Gasteiger partial charge in [-0.1, -0.05) is 46.3 Å². The lowest BCUT2D eigenvalue weighted by Gasteiger charge is -2.34. The maximum Gasteiger partial charge on any atom is 0.347 e. The molecule has 8 nitrogen and oxygen atoms in total. The SMILES string of the molecule is CCOC(=O)C(C#N)(NC(C)=O)C(CC(=O)c1ccccc1)c1cc2c(cc1Br)OCO2. The second kappa shape index (κ2) is 9.83. The number of fused-ring (bicyclic) bond motifs is 1. The van der Waals surface area contributed by atoms with Gasteiger partial charge in [0, 0.05) is 29.3 Å². The lowest BCUT2D eigenvalue weighted by atomic mass is 9.76. The summed E-state index contributed by atoms with van der Waals surface area (Å²) in [6.07, 6.45) is -0.255. The maximum absolute atomic E-state index is 13.2. The predicted octanol–water partition coefficient (Wildman–Crippen LogP) is 3.50. The fraction of sp³-hybridized carbons (Fsp3) is 0.304. The highest BCUT2D eigenvalue weighted by Crippen LogP contribution is 2.44. The Balaban J connectivity index is 2.18. The van der Waals surface area contributed by atoms with Crippen molar-refractivity contribution in [2.45, 2.75) is 31.7 Å². The second-order valence-corrected chi connectivity index (χ2v) is 7.95. The molecule has 166 valence electrons. The Hall–Kier alpha value is -3.38. The van der Waals surface area contributed by atoms with Crippen LogP contribution >= 0.6 is 15.9 Å². The molecule has 0 fully saturated rings. The van der Waals surface area contributed by atoms with Crippen LogP contribution in [0.2, 0.25) is 0 Å². The molecule has 0 aliphatic carbocycles. The number of nitriles is 1. The number of ketones is 1. The summed E-state index contributed by atoms with van der Waals surface area (Å²) >= 11 is 3.45. The molecule has 2 unspecified atom stereocenters.